The summed E-state index contributed by atoms with van der Waals surface area (Å²) in [6, 6.07) is 4.87. The van der Waals surface area contributed by atoms with E-state index in [0.717, 1.165) is 29.0 Å². The number of hydrogen-bond acceptors (Lipinski definition) is 5. The summed E-state index contributed by atoms with van der Waals surface area (Å²) in [5.74, 6) is 0.674. The van der Waals surface area contributed by atoms with Gasteiger partial charge in [-0.2, -0.15) is 21.6 Å². The first kappa shape index (κ1) is 18.3. The highest BCUT2D eigenvalue weighted by atomic mass is 32.2. The predicted octanol–water partition coefficient (Wildman–Crippen LogP) is 3.65. The van der Waals surface area contributed by atoms with Crippen molar-refractivity contribution in [2.24, 2.45) is 4.99 Å². The minimum atomic E-state index is -4.34. The van der Waals surface area contributed by atoms with Crippen LogP contribution in [0.2, 0.25) is 0 Å². The van der Waals surface area contributed by atoms with Crippen LogP contribution < -0.4 is 0 Å². The molecule has 0 fully saturated rings. The molecule has 0 N–H and O–H groups in total. The minimum Gasteiger partial charge on any atom is -0.274 e. The van der Waals surface area contributed by atoms with Gasteiger partial charge in [-0.3, -0.25) is 9.18 Å². The quantitative estimate of drug-likeness (QED) is 0.569. The molecule has 0 saturated carbocycles. The molecule has 23 heavy (non-hydrogen) atoms. The Morgan fingerprint density at radius 1 is 1.30 bits per heavy atom. The maximum Gasteiger partial charge on any atom is 0.416 e. The molecule has 1 atom stereocenters. The lowest BCUT2D eigenvalue weighted by molar-refractivity contribution is -0.137. The van der Waals surface area contributed by atoms with E-state index in [1.54, 1.807) is 0 Å². The Hall–Kier alpha value is -1.06. The first-order valence-corrected chi connectivity index (χ1v) is 9.66. The maximum absolute atomic E-state index is 12.5. The van der Waals surface area contributed by atoms with Crippen molar-refractivity contribution < 1.29 is 25.8 Å². The summed E-state index contributed by atoms with van der Waals surface area (Å²) in [7, 11) is -3.43. The van der Waals surface area contributed by atoms with Gasteiger partial charge in [-0.15, -0.1) is 11.8 Å². The van der Waals surface area contributed by atoms with Crippen molar-refractivity contribution in [2.75, 3.05) is 18.6 Å². The summed E-state index contributed by atoms with van der Waals surface area (Å²) in [6.45, 7) is 0.101. The van der Waals surface area contributed by atoms with Crippen LogP contribution in [0, 0.1) is 0 Å². The van der Waals surface area contributed by atoms with Gasteiger partial charge in [0.15, 0.2) is 0 Å². The molecular formula is C14H16F3NO3S2. The van der Waals surface area contributed by atoms with E-state index in [1.807, 2.05) is 0 Å². The molecule has 0 saturated heterocycles. The van der Waals surface area contributed by atoms with Crippen LogP contribution >= 0.6 is 11.8 Å². The zero-order chi connectivity index (χ0) is 17.1. The molecule has 1 aromatic rings. The Labute approximate surface area is 137 Å². The number of halogens is 3. The largest absolute Gasteiger partial charge is 0.416 e. The number of benzene rings is 1. The lowest BCUT2D eigenvalue weighted by Gasteiger charge is -2.09. The third-order valence-electron chi connectivity index (χ3n) is 3.16. The van der Waals surface area contributed by atoms with Crippen LogP contribution in [0.1, 0.15) is 30.0 Å². The van der Waals surface area contributed by atoms with Gasteiger partial charge in [0.25, 0.3) is 10.1 Å². The highest BCUT2D eigenvalue weighted by Crippen LogP contribution is 2.34. The third-order valence-corrected chi connectivity index (χ3v) is 4.88. The predicted molar refractivity (Wildman–Crippen MR) is 84.1 cm³/mol. The van der Waals surface area contributed by atoms with Crippen LogP contribution in [0.5, 0.6) is 0 Å². The molecule has 2 rings (SSSR count). The van der Waals surface area contributed by atoms with Crippen molar-refractivity contribution in [3.05, 3.63) is 35.4 Å². The number of aliphatic imine (C=N–C) groups is 1. The Morgan fingerprint density at radius 3 is 2.52 bits per heavy atom. The molecule has 0 radical (unpaired) electrons. The van der Waals surface area contributed by atoms with Gasteiger partial charge in [-0.05, 0) is 30.5 Å². The second-order valence-corrected chi connectivity index (χ2v) is 7.84. The molecule has 0 bridgehead atoms. The standard InChI is InChI=1S/C14H16F3NO3S2/c1-23(19,20)21-8-2-3-13-18-12(9-22-13)10-4-6-11(7-5-10)14(15,16)17/h4-7,12H,2-3,8-9H2,1H3. The van der Waals surface area contributed by atoms with Gasteiger partial charge >= 0.3 is 6.18 Å². The Bertz CT molecular complexity index is 670. The fourth-order valence-electron chi connectivity index (χ4n) is 2.06. The van der Waals surface area contributed by atoms with Crippen molar-refractivity contribution in [3.63, 3.8) is 0 Å². The zero-order valence-corrected chi connectivity index (χ0v) is 14.0. The van der Waals surface area contributed by atoms with Crippen molar-refractivity contribution in [3.8, 4) is 0 Å². The molecule has 1 aromatic carbocycles. The SMILES string of the molecule is CS(=O)(=O)OCCCC1=NC(c2ccc(C(F)(F)F)cc2)CS1. The lowest BCUT2D eigenvalue weighted by Crippen LogP contribution is -2.05. The van der Waals surface area contributed by atoms with Gasteiger partial charge in [0.2, 0.25) is 0 Å². The van der Waals surface area contributed by atoms with Gasteiger partial charge in [0.1, 0.15) is 0 Å². The topological polar surface area (TPSA) is 55.7 Å². The van der Waals surface area contributed by atoms with Crippen LogP contribution in [0.3, 0.4) is 0 Å². The summed E-state index contributed by atoms with van der Waals surface area (Å²) < 4.78 is 63.9. The summed E-state index contributed by atoms with van der Waals surface area (Å²) in [5.41, 5.74) is 0.0712. The molecule has 1 aliphatic rings. The van der Waals surface area contributed by atoms with Crippen LogP contribution in [0.4, 0.5) is 13.2 Å². The van der Waals surface area contributed by atoms with E-state index in [4.69, 9.17) is 0 Å². The van der Waals surface area contributed by atoms with Crippen molar-refractivity contribution >= 4 is 26.9 Å². The van der Waals surface area contributed by atoms with Gasteiger partial charge in [0, 0.05) is 5.75 Å². The number of alkyl halides is 3. The number of thioether (sulfide) groups is 1. The van der Waals surface area contributed by atoms with Gasteiger partial charge < -0.3 is 0 Å². The molecule has 0 amide bonds. The molecule has 1 aliphatic heterocycles. The fourth-order valence-corrected chi connectivity index (χ4v) is 3.59. The Balaban J connectivity index is 1.89. The van der Waals surface area contributed by atoms with Crippen molar-refractivity contribution in [1.82, 2.24) is 0 Å². The average molecular weight is 367 g/mol. The number of hydrogen-bond donors (Lipinski definition) is 0. The first-order chi connectivity index (χ1) is 10.6. The van der Waals surface area contributed by atoms with Gasteiger partial charge in [0.05, 0.1) is 29.5 Å². The molecule has 1 heterocycles. The highest BCUT2D eigenvalue weighted by molar-refractivity contribution is 8.14. The van der Waals surface area contributed by atoms with E-state index in [1.165, 1.54) is 23.9 Å². The van der Waals surface area contributed by atoms with E-state index in [9.17, 15) is 21.6 Å². The molecule has 1 unspecified atom stereocenters. The Kier molecular flexibility index (Phi) is 5.74. The molecular weight excluding hydrogens is 351 g/mol. The van der Waals surface area contributed by atoms with Crippen molar-refractivity contribution in [1.29, 1.82) is 0 Å². The lowest BCUT2D eigenvalue weighted by atomic mass is 10.1. The number of nitrogens with zero attached hydrogens (tertiary/aromatic N) is 1. The van der Waals surface area contributed by atoms with E-state index < -0.39 is 21.9 Å². The number of rotatable bonds is 6. The second kappa shape index (κ2) is 7.23. The van der Waals surface area contributed by atoms with Crippen LogP contribution in [-0.2, 0) is 20.5 Å². The van der Waals surface area contributed by atoms with Gasteiger partial charge in [-0.1, -0.05) is 12.1 Å². The average Bonchev–Trinajstić information content (AvgIpc) is 2.91. The van der Waals surface area contributed by atoms with Crippen molar-refractivity contribution in [2.45, 2.75) is 25.1 Å². The normalized spacial score (nSPS) is 19.0. The minimum absolute atomic E-state index is 0.101. The van der Waals surface area contributed by atoms with E-state index in [-0.39, 0.29) is 12.6 Å². The molecule has 0 aromatic heterocycles. The molecule has 128 valence electrons. The van der Waals surface area contributed by atoms with Gasteiger partial charge in [-0.25, -0.2) is 0 Å². The van der Waals surface area contributed by atoms with E-state index >= 15 is 0 Å². The molecule has 4 nitrogen and oxygen atoms in total. The van der Waals surface area contributed by atoms with E-state index in [2.05, 4.69) is 9.18 Å². The second-order valence-electron chi connectivity index (χ2n) is 5.10. The zero-order valence-electron chi connectivity index (χ0n) is 12.3. The summed E-state index contributed by atoms with van der Waals surface area (Å²) in [5, 5.41) is 0.868. The fraction of sp³-hybridized carbons (Fsp3) is 0.500. The molecule has 0 spiro atoms. The summed E-state index contributed by atoms with van der Waals surface area (Å²) in [6.07, 6.45) is -2.22. The molecule has 9 heteroatoms. The highest BCUT2D eigenvalue weighted by Gasteiger charge is 2.30. The maximum atomic E-state index is 12.5. The summed E-state index contributed by atoms with van der Waals surface area (Å²) >= 11 is 1.54. The summed E-state index contributed by atoms with van der Waals surface area (Å²) in [4.78, 5) is 4.48. The van der Waals surface area contributed by atoms with E-state index in [0.29, 0.717) is 18.6 Å². The van der Waals surface area contributed by atoms with Crippen LogP contribution in [0.25, 0.3) is 0 Å². The smallest absolute Gasteiger partial charge is 0.274 e. The monoisotopic (exact) mass is 367 g/mol. The first-order valence-electron chi connectivity index (χ1n) is 6.86. The van der Waals surface area contributed by atoms with Crippen LogP contribution in [0.15, 0.2) is 29.3 Å². The molecule has 0 aliphatic carbocycles. The van der Waals surface area contributed by atoms with Crippen LogP contribution in [-0.4, -0.2) is 32.1 Å². The third kappa shape index (κ3) is 5.82. The Morgan fingerprint density at radius 2 is 1.96 bits per heavy atom.